The van der Waals surface area contributed by atoms with Crippen LogP contribution in [0.2, 0.25) is 0 Å². The van der Waals surface area contributed by atoms with Gasteiger partial charge in [-0.25, -0.2) is 0 Å². The fraction of sp³-hybridized carbons (Fsp3) is 0.750. The summed E-state index contributed by atoms with van der Waals surface area (Å²) in [6.07, 6.45) is 2.58. The van der Waals surface area contributed by atoms with E-state index < -0.39 is 0 Å². The molecule has 1 saturated carbocycles. The van der Waals surface area contributed by atoms with Gasteiger partial charge in [0.25, 0.3) is 5.91 Å². The molecule has 2 aliphatic rings. The smallest absolute Gasteiger partial charge is 0.272 e. The maximum absolute atomic E-state index is 12.9. The van der Waals surface area contributed by atoms with Crippen molar-refractivity contribution in [2.24, 2.45) is 13.0 Å². The number of nitrogens with zero attached hydrogens (tertiary/aromatic N) is 4. The summed E-state index contributed by atoms with van der Waals surface area (Å²) < 4.78 is 7.53. The first-order chi connectivity index (χ1) is 10.5. The maximum Gasteiger partial charge on any atom is 0.272 e. The van der Waals surface area contributed by atoms with Crippen LogP contribution in [0.3, 0.4) is 0 Å². The highest BCUT2D eigenvalue weighted by atomic mass is 16.5. The van der Waals surface area contributed by atoms with Crippen LogP contribution < -0.4 is 0 Å². The summed E-state index contributed by atoms with van der Waals surface area (Å²) in [4.78, 5) is 17.1. The zero-order valence-corrected chi connectivity index (χ0v) is 13.8. The summed E-state index contributed by atoms with van der Waals surface area (Å²) in [5.41, 5.74) is 1.55. The van der Waals surface area contributed by atoms with Crippen molar-refractivity contribution < 1.29 is 9.53 Å². The van der Waals surface area contributed by atoms with Gasteiger partial charge in [0.15, 0.2) is 0 Å². The fourth-order valence-corrected chi connectivity index (χ4v) is 3.05. The molecule has 0 unspecified atom stereocenters. The number of aromatic nitrogens is 2. The number of morpholine rings is 1. The summed E-state index contributed by atoms with van der Waals surface area (Å²) in [7, 11) is 3.94. The molecule has 0 radical (unpaired) electrons. The van der Waals surface area contributed by atoms with Crippen LogP contribution in [0.5, 0.6) is 0 Å². The van der Waals surface area contributed by atoms with E-state index in [1.54, 1.807) is 4.68 Å². The van der Waals surface area contributed by atoms with Gasteiger partial charge in [0, 0.05) is 33.2 Å². The van der Waals surface area contributed by atoms with Crippen molar-refractivity contribution in [3.8, 4) is 0 Å². The average Bonchev–Trinajstić information content (AvgIpc) is 3.21. The second kappa shape index (κ2) is 6.38. The average molecular weight is 306 g/mol. The van der Waals surface area contributed by atoms with Crippen LogP contribution in [-0.2, 0) is 11.8 Å². The van der Waals surface area contributed by atoms with Crippen LogP contribution in [-0.4, -0.2) is 71.4 Å². The van der Waals surface area contributed by atoms with Crippen LogP contribution in [0, 0.1) is 12.8 Å². The molecule has 2 heterocycles. The molecular formula is C16H26N4O2. The van der Waals surface area contributed by atoms with E-state index in [1.807, 2.05) is 24.9 Å². The molecule has 122 valence electrons. The Morgan fingerprint density at radius 2 is 2.18 bits per heavy atom. The molecule has 1 aliphatic carbocycles. The molecule has 6 nitrogen and oxygen atoms in total. The molecule has 22 heavy (non-hydrogen) atoms. The zero-order chi connectivity index (χ0) is 15.7. The van der Waals surface area contributed by atoms with E-state index in [0.717, 1.165) is 31.9 Å². The van der Waals surface area contributed by atoms with Gasteiger partial charge in [0.1, 0.15) is 5.69 Å². The van der Waals surface area contributed by atoms with Gasteiger partial charge in [-0.3, -0.25) is 9.48 Å². The van der Waals surface area contributed by atoms with E-state index in [-0.39, 0.29) is 12.0 Å². The number of ether oxygens (including phenoxy) is 1. The Labute approximate surface area is 132 Å². The molecule has 0 bridgehead atoms. The summed E-state index contributed by atoms with van der Waals surface area (Å²) in [6.45, 7) is 6.03. The van der Waals surface area contributed by atoms with Gasteiger partial charge in [-0.15, -0.1) is 0 Å². The van der Waals surface area contributed by atoms with Crippen molar-refractivity contribution in [3.63, 3.8) is 0 Å². The molecule has 2 fully saturated rings. The highest BCUT2D eigenvalue weighted by Crippen LogP contribution is 2.30. The molecule has 6 heteroatoms. The van der Waals surface area contributed by atoms with E-state index in [4.69, 9.17) is 4.74 Å². The highest BCUT2D eigenvalue weighted by Gasteiger charge is 2.31. The third-order valence-corrected chi connectivity index (χ3v) is 4.45. The van der Waals surface area contributed by atoms with Gasteiger partial charge < -0.3 is 14.5 Å². The summed E-state index contributed by atoms with van der Waals surface area (Å²) in [5.74, 6) is 0.742. The Bertz CT molecular complexity index is 538. The van der Waals surface area contributed by atoms with E-state index >= 15 is 0 Å². The quantitative estimate of drug-likeness (QED) is 0.811. The van der Waals surface area contributed by atoms with Gasteiger partial charge in [0.2, 0.25) is 0 Å². The molecular weight excluding hydrogens is 280 g/mol. The monoisotopic (exact) mass is 306 g/mol. The van der Waals surface area contributed by atoms with Gasteiger partial charge in [-0.05, 0) is 38.8 Å². The molecule has 0 aromatic carbocycles. The number of hydrogen-bond donors (Lipinski definition) is 0. The Hall–Kier alpha value is -1.40. The van der Waals surface area contributed by atoms with Gasteiger partial charge >= 0.3 is 0 Å². The fourth-order valence-electron chi connectivity index (χ4n) is 3.05. The Balaban J connectivity index is 1.71. The highest BCUT2D eigenvalue weighted by molar-refractivity contribution is 5.92. The second-order valence-electron chi connectivity index (χ2n) is 6.70. The minimum Gasteiger partial charge on any atom is -0.374 e. The van der Waals surface area contributed by atoms with Crippen molar-refractivity contribution in [2.45, 2.75) is 25.9 Å². The van der Waals surface area contributed by atoms with Crippen LogP contribution >= 0.6 is 0 Å². The van der Waals surface area contributed by atoms with Gasteiger partial charge in [0.05, 0.1) is 18.4 Å². The lowest BCUT2D eigenvalue weighted by Gasteiger charge is -2.34. The Kier molecular flexibility index (Phi) is 4.49. The van der Waals surface area contributed by atoms with Crippen LogP contribution in [0.25, 0.3) is 0 Å². The lowest BCUT2D eigenvalue weighted by Crippen LogP contribution is -2.48. The van der Waals surface area contributed by atoms with E-state index in [0.29, 0.717) is 18.2 Å². The summed E-state index contributed by atoms with van der Waals surface area (Å²) >= 11 is 0. The van der Waals surface area contributed by atoms with Crippen molar-refractivity contribution in [2.75, 3.05) is 39.8 Å². The lowest BCUT2D eigenvalue weighted by molar-refractivity contribution is -0.0332. The number of hydrogen-bond acceptors (Lipinski definition) is 4. The molecule has 0 spiro atoms. The standard InChI is InChI=1S/C16H26N4O2/c1-12-8-15(19(3)17-12)16(21)20(9-13-4-5-13)11-14-10-18(2)6-7-22-14/h8,13-14H,4-7,9-11H2,1-3H3/t14-/m1/s1. The first-order valence-corrected chi connectivity index (χ1v) is 8.13. The zero-order valence-electron chi connectivity index (χ0n) is 13.8. The minimum absolute atomic E-state index is 0.0758. The first kappa shape index (κ1) is 15.5. The van der Waals surface area contributed by atoms with Gasteiger partial charge in [-0.2, -0.15) is 5.10 Å². The van der Waals surface area contributed by atoms with E-state index in [9.17, 15) is 4.79 Å². The number of carbonyl (C=O) groups excluding carboxylic acids is 1. The summed E-state index contributed by atoms with van der Waals surface area (Å²) in [6, 6.07) is 1.87. The van der Waals surface area contributed by atoms with Crippen LogP contribution in [0.4, 0.5) is 0 Å². The van der Waals surface area contributed by atoms with Crippen molar-refractivity contribution in [3.05, 3.63) is 17.5 Å². The van der Waals surface area contributed by atoms with Crippen molar-refractivity contribution in [1.29, 1.82) is 0 Å². The second-order valence-corrected chi connectivity index (χ2v) is 6.70. The number of rotatable bonds is 5. The largest absolute Gasteiger partial charge is 0.374 e. The molecule has 3 rings (SSSR count). The molecule has 1 aromatic rings. The molecule has 1 aliphatic heterocycles. The molecule has 1 atom stereocenters. The van der Waals surface area contributed by atoms with Crippen molar-refractivity contribution >= 4 is 5.91 Å². The Morgan fingerprint density at radius 1 is 1.41 bits per heavy atom. The lowest BCUT2D eigenvalue weighted by atomic mass is 10.2. The minimum atomic E-state index is 0.0758. The molecule has 1 amide bonds. The normalized spacial score (nSPS) is 22.8. The predicted molar refractivity (Wildman–Crippen MR) is 83.8 cm³/mol. The third-order valence-electron chi connectivity index (χ3n) is 4.45. The van der Waals surface area contributed by atoms with Crippen LogP contribution in [0.15, 0.2) is 6.07 Å². The maximum atomic E-state index is 12.9. The van der Waals surface area contributed by atoms with Crippen molar-refractivity contribution in [1.82, 2.24) is 19.6 Å². The van der Waals surface area contributed by atoms with Crippen LogP contribution in [0.1, 0.15) is 29.0 Å². The molecule has 0 N–H and O–H groups in total. The van der Waals surface area contributed by atoms with E-state index in [2.05, 4.69) is 17.0 Å². The predicted octanol–water partition coefficient (Wildman–Crippen LogP) is 0.911. The van der Waals surface area contributed by atoms with Gasteiger partial charge in [-0.1, -0.05) is 0 Å². The number of amides is 1. The third kappa shape index (κ3) is 3.67. The molecule has 1 aromatic heterocycles. The number of carbonyl (C=O) groups is 1. The SMILES string of the molecule is Cc1cc(C(=O)N(CC2CC2)C[C@H]2CN(C)CCO2)n(C)n1. The number of aryl methyl sites for hydroxylation is 2. The number of likely N-dealkylation sites (N-methyl/N-ethyl adjacent to an activating group) is 1. The summed E-state index contributed by atoms with van der Waals surface area (Å²) in [5, 5.41) is 4.30. The molecule has 1 saturated heterocycles. The first-order valence-electron chi connectivity index (χ1n) is 8.13. The van der Waals surface area contributed by atoms with E-state index in [1.165, 1.54) is 12.8 Å². The topological polar surface area (TPSA) is 50.6 Å². The Morgan fingerprint density at radius 3 is 2.77 bits per heavy atom.